The Kier molecular flexibility index (Phi) is 4.06. The summed E-state index contributed by atoms with van der Waals surface area (Å²) in [6.45, 7) is 5.87. The quantitative estimate of drug-likeness (QED) is 0.923. The molecule has 0 fully saturated rings. The van der Waals surface area contributed by atoms with Crippen LogP contribution in [0.2, 0.25) is 0 Å². The van der Waals surface area contributed by atoms with Gasteiger partial charge in [-0.2, -0.15) is 10.2 Å². The zero-order valence-corrected chi connectivity index (χ0v) is 12.5. The van der Waals surface area contributed by atoms with Crippen LogP contribution in [0.1, 0.15) is 24.6 Å². The molecule has 6 heteroatoms. The number of anilines is 1. The lowest BCUT2D eigenvalue weighted by Gasteiger charge is -2.09. The predicted octanol–water partition coefficient (Wildman–Crippen LogP) is 2.56. The topological polar surface area (TPSA) is 47.7 Å². The van der Waals surface area contributed by atoms with E-state index in [0.29, 0.717) is 0 Å². The molecule has 2 rings (SSSR count). The van der Waals surface area contributed by atoms with Gasteiger partial charge in [0, 0.05) is 25.4 Å². The predicted molar refractivity (Wildman–Crippen MR) is 75.8 cm³/mol. The van der Waals surface area contributed by atoms with Crippen LogP contribution in [-0.2, 0) is 13.6 Å². The minimum absolute atomic E-state index is 0.733. The summed E-state index contributed by atoms with van der Waals surface area (Å²) in [6, 6.07) is 0. The maximum atomic E-state index is 4.47. The number of hydrogen-bond acceptors (Lipinski definition) is 3. The number of nitrogens with zero attached hydrogens (tertiary/aromatic N) is 4. The fraction of sp³-hybridized carbons (Fsp3) is 0.500. The summed E-state index contributed by atoms with van der Waals surface area (Å²) in [4.78, 5) is 0. The molecule has 0 spiro atoms. The summed E-state index contributed by atoms with van der Waals surface area (Å²) < 4.78 is 4.80. The summed E-state index contributed by atoms with van der Waals surface area (Å²) in [5.74, 6) is 1.08. The van der Waals surface area contributed by atoms with Crippen LogP contribution in [0.3, 0.4) is 0 Å². The number of aromatic nitrogens is 4. The second-order valence-corrected chi connectivity index (χ2v) is 5.23. The van der Waals surface area contributed by atoms with Crippen LogP contribution in [-0.4, -0.2) is 26.1 Å². The molecule has 0 unspecified atom stereocenters. The van der Waals surface area contributed by atoms with Crippen molar-refractivity contribution in [3.8, 4) is 0 Å². The molecule has 1 N–H and O–H groups in total. The molecule has 0 saturated carbocycles. The third-order valence-corrected chi connectivity index (χ3v) is 3.22. The number of rotatable bonds is 5. The van der Waals surface area contributed by atoms with Crippen LogP contribution in [0.25, 0.3) is 0 Å². The van der Waals surface area contributed by atoms with Gasteiger partial charge in [0.1, 0.15) is 5.82 Å². The first-order valence-electron chi connectivity index (χ1n) is 6.06. The lowest BCUT2D eigenvalue weighted by Crippen LogP contribution is -2.09. The molecule has 0 aromatic carbocycles. The highest BCUT2D eigenvalue weighted by Gasteiger charge is 2.13. The van der Waals surface area contributed by atoms with Crippen molar-refractivity contribution in [2.45, 2.75) is 26.8 Å². The molecular weight excluding hydrogens is 294 g/mol. The zero-order valence-electron chi connectivity index (χ0n) is 10.9. The van der Waals surface area contributed by atoms with E-state index in [2.05, 4.69) is 38.4 Å². The van der Waals surface area contributed by atoms with Gasteiger partial charge in [0.25, 0.3) is 0 Å². The Morgan fingerprint density at radius 2 is 2.22 bits per heavy atom. The molecule has 0 saturated heterocycles. The molecule has 0 aliphatic rings. The van der Waals surface area contributed by atoms with Crippen molar-refractivity contribution < 1.29 is 0 Å². The molecule has 0 aliphatic heterocycles. The molecule has 5 nitrogen and oxygen atoms in total. The molecule has 0 amide bonds. The monoisotopic (exact) mass is 311 g/mol. The molecule has 2 heterocycles. The van der Waals surface area contributed by atoms with Crippen molar-refractivity contribution in [2.24, 2.45) is 7.05 Å². The average Bonchev–Trinajstić information content (AvgIpc) is 2.83. The standard InChI is InChI=1S/C12H18BrN5/c1-4-5-14-12-11(9(2)16-17(12)3)8-18-7-10(13)6-15-18/h6-7,14H,4-5,8H2,1-3H3. The second-order valence-electron chi connectivity index (χ2n) is 4.32. The number of halogens is 1. The molecule has 2 aromatic rings. The van der Waals surface area contributed by atoms with Gasteiger partial charge in [-0.25, -0.2) is 0 Å². The highest BCUT2D eigenvalue weighted by molar-refractivity contribution is 9.10. The summed E-state index contributed by atoms with van der Waals surface area (Å²) in [5.41, 5.74) is 2.24. The van der Waals surface area contributed by atoms with Gasteiger partial charge in [-0.05, 0) is 29.3 Å². The van der Waals surface area contributed by atoms with Gasteiger partial charge in [0.2, 0.25) is 0 Å². The lowest BCUT2D eigenvalue weighted by molar-refractivity contribution is 0.684. The highest BCUT2D eigenvalue weighted by Crippen LogP contribution is 2.20. The normalized spacial score (nSPS) is 10.9. The van der Waals surface area contributed by atoms with Crippen molar-refractivity contribution in [1.82, 2.24) is 19.6 Å². The molecular formula is C12H18BrN5. The lowest BCUT2D eigenvalue weighted by atomic mass is 10.2. The van der Waals surface area contributed by atoms with Gasteiger partial charge >= 0.3 is 0 Å². The van der Waals surface area contributed by atoms with Gasteiger partial charge in [-0.3, -0.25) is 9.36 Å². The van der Waals surface area contributed by atoms with E-state index in [9.17, 15) is 0 Å². The Morgan fingerprint density at radius 1 is 1.44 bits per heavy atom. The summed E-state index contributed by atoms with van der Waals surface area (Å²) >= 11 is 3.41. The van der Waals surface area contributed by atoms with Crippen LogP contribution in [0.5, 0.6) is 0 Å². The van der Waals surface area contributed by atoms with Gasteiger partial charge in [0.15, 0.2) is 0 Å². The third kappa shape index (κ3) is 2.75. The Hall–Kier alpha value is -1.30. The van der Waals surface area contributed by atoms with E-state index in [-0.39, 0.29) is 0 Å². The molecule has 18 heavy (non-hydrogen) atoms. The van der Waals surface area contributed by atoms with Crippen molar-refractivity contribution in [2.75, 3.05) is 11.9 Å². The highest BCUT2D eigenvalue weighted by atomic mass is 79.9. The average molecular weight is 312 g/mol. The minimum Gasteiger partial charge on any atom is -0.370 e. The second kappa shape index (κ2) is 5.56. The van der Waals surface area contributed by atoms with Crippen LogP contribution in [0, 0.1) is 6.92 Å². The van der Waals surface area contributed by atoms with Gasteiger partial charge in [0.05, 0.1) is 22.9 Å². The largest absolute Gasteiger partial charge is 0.370 e. The number of nitrogens with one attached hydrogen (secondary N) is 1. The van der Waals surface area contributed by atoms with Crippen molar-refractivity contribution >= 4 is 21.7 Å². The van der Waals surface area contributed by atoms with E-state index in [1.165, 1.54) is 5.56 Å². The van der Waals surface area contributed by atoms with E-state index in [4.69, 9.17) is 0 Å². The third-order valence-electron chi connectivity index (χ3n) is 2.81. The van der Waals surface area contributed by atoms with Gasteiger partial charge in [-0.15, -0.1) is 0 Å². The zero-order chi connectivity index (χ0) is 13.1. The van der Waals surface area contributed by atoms with Crippen LogP contribution in [0.15, 0.2) is 16.9 Å². The van der Waals surface area contributed by atoms with E-state index in [0.717, 1.165) is 35.5 Å². The Labute approximate surface area is 115 Å². The minimum atomic E-state index is 0.733. The van der Waals surface area contributed by atoms with Crippen LogP contribution < -0.4 is 5.32 Å². The summed E-state index contributed by atoms with van der Waals surface area (Å²) in [7, 11) is 1.97. The first kappa shape index (κ1) is 13.1. The summed E-state index contributed by atoms with van der Waals surface area (Å²) in [5, 5.41) is 12.2. The fourth-order valence-electron chi connectivity index (χ4n) is 1.94. The first-order valence-corrected chi connectivity index (χ1v) is 6.85. The Balaban J connectivity index is 2.25. The van der Waals surface area contributed by atoms with Crippen molar-refractivity contribution in [1.29, 1.82) is 0 Å². The summed E-state index contributed by atoms with van der Waals surface area (Å²) in [6.07, 6.45) is 4.86. The van der Waals surface area contributed by atoms with Gasteiger partial charge in [-0.1, -0.05) is 6.92 Å². The smallest absolute Gasteiger partial charge is 0.129 e. The Bertz CT molecular complexity index is 529. The molecule has 0 radical (unpaired) electrons. The van der Waals surface area contributed by atoms with Gasteiger partial charge < -0.3 is 5.32 Å². The molecule has 0 aliphatic carbocycles. The molecule has 98 valence electrons. The van der Waals surface area contributed by atoms with Crippen molar-refractivity contribution in [3.05, 3.63) is 28.1 Å². The number of hydrogen-bond donors (Lipinski definition) is 1. The van der Waals surface area contributed by atoms with E-state index in [1.54, 1.807) is 6.20 Å². The fourth-order valence-corrected chi connectivity index (χ4v) is 2.27. The maximum Gasteiger partial charge on any atom is 0.129 e. The number of aryl methyl sites for hydroxylation is 2. The van der Waals surface area contributed by atoms with Crippen LogP contribution >= 0.6 is 15.9 Å². The van der Waals surface area contributed by atoms with Crippen molar-refractivity contribution in [3.63, 3.8) is 0 Å². The van der Waals surface area contributed by atoms with E-state index >= 15 is 0 Å². The molecule has 0 bridgehead atoms. The van der Waals surface area contributed by atoms with Crippen LogP contribution in [0.4, 0.5) is 5.82 Å². The van der Waals surface area contributed by atoms with E-state index in [1.807, 2.05) is 29.5 Å². The first-order chi connectivity index (χ1) is 8.61. The SMILES string of the molecule is CCCNc1c(Cn2cc(Br)cn2)c(C)nn1C. The molecule has 0 atom stereocenters. The molecule has 2 aromatic heterocycles. The maximum absolute atomic E-state index is 4.47. The van der Waals surface area contributed by atoms with E-state index < -0.39 is 0 Å². The Morgan fingerprint density at radius 3 is 2.83 bits per heavy atom.